The topological polar surface area (TPSA) is 17.1 Å². The summed E-state index contributed by atoms with van der Waals surface area (Å²) in [6, 6.07) is 2.38. The molecule has 1 aromatic rings. The molecule has 1 rings (SSSR count). The molecule has 1 aromatic carbocycles. The minimum atomic E-state index is -0.444. The fraction of sp³-hybridized carbons (Fsp3) is 0. The molecule has 11 heavy (non-hydrogen) atoms. The van der Waals surface area contributed by atoms with Gasteiger partial charge >= 0.3 is 0 Å². The zero-order valence-electron chi connectivity index (χ0n) is 5.27. The first-order valence-corrected chi connectivity index (χ1v) is 4.20. The maximum absolute atomic E-state index is 12.6. The molecule has 0 unspecified atom stereocenters. The summed E-state index contributed by atoms with van der Waals surface area (Å²) in [5.41, 5.74) is 0.191. The van der Waals surface area contributed by atoms with Crippen molar-refractivity contribution in [3.63, 3.8) is 0 Å². The summed E-state index contributed by atoms with van der Waals surface area (Å²) in [5, 5.41) is 0.307. The number of carbonyl (C=O) groups is 1. The summed E-state index contributed by atoms with van der Waals surface area (Å²) >= 11 is 7.53. The molecule has 0 spiro atoms. The van der Waals surface area contributed by atoms with Crippen molar-refractivity contribution in [2.75, 3.05) is 0 Å². The van der Waals surface area contributed by atoms with Crippen molar-refractivity contribution < 1.29 is 9.18 Å². The molecule has 0 aliphatic carbocycles. The zero-order valence-corrected chi connectivity index (χ0v) is 8.19. The van der Waals surface area contributed by atoms with Crippen LogP contribution in [0.25, 0.3) is 0 Å². The van der Waals surface area contributed by atoms with E-state index < -0.39 is 5.82 Å². The van der Waals surface area contributed by atoms with Gasteiger partial charge in [0, 0.05) is 9.13 Å². The number of rotatable bonds is 1. The van der Waals surface area contributed by atoms with Crippen LogP contribution >= 0.6 is 34.2 Å². The molecular weight excluding hydrogens is 281 g/mol. The second-order valence-electron chi connectivity index (χ2n) is 1.91. The predicted octanol–water partition coefficient (Wildman–Crippen LogP) is 2.90. The third kappa shape index (κ3) is 1.90. The Balaban J connectivity index is 3.35. The molecule has 0 N–H and O–H groups in total. The lowest BCUT2D eigenvalue weighted by Gasteiger charge is -1.98. The van der Waals surface area contributed by atoms with Crippen molar-refractivity contribution in [3.05, 3.63) is 32.1 Å². The van der Waals surface area contributed by atoms with E-state index in [9.17, 15) is 9.18 Å². The Hall–Kier alpha value is -0.160. The van der Waals surface area contributed by atoms with E-state index in [1.807, 2.05) is 22.6 Å². The van der Waals surface area contributed by atoms with Gasteiger partial charge in [-0.2, -0.15) is 0 Å². The van der Waals surface area contributed by atoms with Crippen LogP contribution in [0.5, 0.6) is 0 Å². The molecule has 0 bridgehead atoms. The van der Waals surface area contributed by atoms with Gasteiger partial charge in [0.25, 0.3) is 0 Å². The fourth-order valence-corrected chi connectivity index (χ4v) is 1.42. The van der Waals surface area contributed by atoms with Crippen molar-refractivity contribution in [1.29, 1.82) is 0 Å². The van der Waals surface area contributed by atoms with Crippen LogP contribution in [-0.2, 0) is 0 Å². The van der Waals surface area contributed by atoms with Crippen LogP contribution in [0.3, 0.4) is 0 Å². The van der Waals surface area contributed by atoms with Crippen molar-refractivity contribution in [2.24, 2.45) is 0 Å². The molecule has 4 heteroatoms. The molecule has 0 amide bonds. The third-order valence-corrected chi connectivity index (χ3v) is 2.74. The van der Waals surface area contributed by atoms with E-state index in [1.54, 1.807) is 0 Å². The summed E-state index contributed by atoms with van der Waals surface area (Å²) in [6.07, 6.45) is 0.535. The van der Waals surface area contributed by atoms with Crippen molar-refractivity contribution in [1.82, 2.24) is 0 Å². The quantitative estimate of drug-likeness (QED) is 0.440. The van der Waals surface area contributed by atoms with Gasteiger partial charge in [0.15, 0.2) is 6.29 Å². The molecule has 0 heterocycles. The van der Waals surface area contributed by atoms with E-state index in [0.29, 0.717) is 14.9 Å². The van der Waals surface area contributed by atoms with Gasteiger partial charge in [-0.1, -0.05) is 11.6 Å². The van der Waals surface area contributed by atoms with Crippen LogP contribution in [0.4, 0.5) is 4.39 Å². The molecule has 0 saturated carbocycles. The highest BCUT2D eigenvalue weighted by Gasteiger charge is 2.05. The Morgan fingerprint density at radius 1 is 1.55 bits per heavy atom. The minimum absolute atomic E-state index is 0.191. The number of benzene rings is 1. The van der Waals surface area contributed by atoms with Gasteiger partial charge in [-0.15, -0.1) is 0 Å². The number of hydrogen-bond donors (Lipinski definition) is 0. The van der Waals surface area contributed by atoms with Crippen molar-refractivity contribution in [3.8, 4) is 0 Å². The number of aldehydes is 1. The maximum atomic E-state index is 12.6. The Morgan fingerprint density at radius 2 is 2.18 bits per heavy atom. The molecule has 0 aliphatic rings. The van der Waals surface area contributed by atoms with Crippen LogP contribution in [0, 0.1) is 9.39 Å². The Bertz CT molecular complexity index is 301. The van der Waals surface area contributed by atoms with Crippen LogP contribution in [-0.4, -0.2) is 6.29 Å². The second-order valence-corrected chi connectivity index (χ2v) is 3.45. The average Bonchev–Trinajstić information content (AvgIpc) is 1.96. The van der Waals surface area contributed by atoms with E-state index >= 15 is 0 Å². The smallest absolute Gasteiger partial charge is 0.151 e. The average molecular weight is 284 g/mol. The normalized spacial score (nSPS) is 9.73. The van der Waals surface area contributed by atoms with Gasteiger partial charge < -0.3 is 0 Å². The van der Waals surface area contributed by atoms with Crippen LogP contribution < -0.4 is 0 Å². The SMILES string of the molecule is O=Cc1cc(F)cc(I)c1Cl. The molecule has 0 atom stereocenters. The van der Waals surface area contributed by atoms with Gasteiger partial charge in [-0.3, -0.25) is 4.79 Å². The molecule has 0 radical (unpaired) electrons. The highest BCUT2D eigenvalue weighted by Crippen LogP contribution is 2.22. The third-order valence-electron chi connectivity index (χ3n) is 1.15. The Morgan fingerprint density at radius 3 is 2.73 bits per heavy atom. The van der Waals surface area contributed by atoms with E-state index in [4.69, 9.17) is 11.6 Å². The van der Waals surface area contributed by atoms with Gasteiger partial charge in [-0.25, -0.2) is 4.39 Å². The fourth-order valence-electron chi connectivity index (χ4n) is 0.662. The lowest BCUT2D eigenvalue weighted by molar-refractivity contribution is 0.112. The first kappa shape index (κ1) is 8.93. The number of halogens is 3. The highest BCUT2D eigenvalue weighted by atomic mass is 127. The van der Waals surface area contributed by atoms with Gasteiger partial charge in [0.05, 0.1) is 5.02 Å². The standard InChI is InChI=1S/C7H3ClFIO/c8-7-4(3-11)1-5(9)2-6(7)10/h1-3H. The van der Waals surface area contributed by atoms with Crippen molar-refractivity contribution >= 4 is 40.5 Å². The molecule has 58 valence electrons. The highest BCUT2D eigenvalue weighted by molar-refractivity contribution is 14.1. The van der Waals surface area contributed by atoms with E-state index in [-0.39, 0.29) is 5.56 Å². The first-order chi connectivity index (χ1) is 5.15. The lowest BCUT2D eigenvalue weighted by Crippen LogP contribution is -1.87. The van der Waals surface area contributed by atoms with Crippen LogP contribution in [0.2, 0.25) is 5.02 Å². The molecule has 0 saturated heterocycles. The van der Waals surface area contributed by atoms with E-state index in [2.05, 4.69) is 0 Å². The summed E-state index contributed by atoms with van der Waals surface area (Å²) < 4.78 is 13.1. The summed E-state index contributed by atoms with van der Waals surface area (Å²) in [6.45, 7) is 0. The van der Waals surface area contributed by atoms with Gasteiger partial charge in [0.1, 0.15) is 5.82 Å². The van der Waals surface area contributed by atoms with Gasteiger partial charge in [0.2, 0.25) is 0 Å². The second kappa shape index (κ2) is 3.49. The van der Waals surface area contributed by atoms with Gasteiger partial charge in [-0.05, 0) is 34.7 Å². The molecule has 0 aliphatic heterocycles. The Kier molecular flexibility index (Phi) is 2.84. The first-order valence-electron chi connectivity index (χ1n) is 2.75. The van der Waals surface area contributed by atoms with Crippen LogP contribution in [0.15, 0.2) is 12.1 Å². The molecule has 1 nitrogen and oxygen atoms in total. The Labute approximate surface area is 81.7 Å². The largest absolute Gasteiger partial charge is 0.298 e. The lowest BCUT2D eigenvalue weighted by atomic mass is 10.2. The van der Waals surface area contributed by atoms with E-state index in [1.165, 1.54) is 6.07 Å². The molecule has 0 aromatic heterocycles. The monoisotopic (exact) mass is 284 g/mol. The summed E-state index contributed by atoms with van der Waals surface area (Å²) in [5.74, 6) is -0.444. The minimum Gasteiger partial charge on any atom is -0.298 e. The number of carbonyl (C=O) groups excluding carboxylic acids is 1. The number of hydrogen-bond acceptors (Lipinski definition) is 1. The maximum Gasteiger partial charge on any atom is 0.151 e. The molecule has 0 fully saturated rings. The predicted molar refractivity (Wildman–Crippen MR) is 49.5 cm³/mol. The molecular formula is C7H3ClFIO. The van der Waals surface area contributed by atoms with Crippen LogP contribution in [0.1, 0.15) is 10.4 Å². The summed E-state index contributed by atoms with van der Waals surface area (Å²) in [7, 11) is 0. The van der Waals surface area contributed by atoms with E-state index in [0.717, 1.165) is 6.07 Å². The van der Waals surface area contributed by atoms with Crippen molar-refractivity contribution in [2.45, 2.75) is 0 Å². The zero-order chi connectivity index (χ0) is 8.43. The summed E-state index contributed by atoms with van der Waals surface area (Å²) in [4.78, 5) is 10.3.